The number of benzene rings is 2. The summed E-state index contributed by atoms with van der Waals surface area (Å²) in [5.41, 5.74) is 1.77. The molecule has 7 nitrogen and oxygen atoms in total. The van der Waals surface area contributed by atoms with E-state index in [9.17, 15) is 4.79 Å². The minimum absolute atomic E-state index is 0.113. The molecule has 8 heteroatoms. The van der Waals surface area contributed by atoms with Gasteiger partial charge in [0.1, 0.15) is 11.6 Å². The van der Waals surface area contributed by atoms with Crippen molar-refractivity contribution < 1.29 is 4.74 Å². The second kappa shape index (κ2) is 9.64. The van der Waals surface area contributed by atoms with Gasteiger partial charge in [0, 0.05) is 48.0 Å². The lowest BCUT2D eigenvalue weighted by atomic mass is 10.2. The van der Waals surface area contributed by atoms with Crippen LogP contribution in [0.4, 0.5) is 5.82 Å². The number of nitrogens with zero attached hydrogens (tertiary/aromatic N) is 4. The number of nitrogens with one attached hydrogen (secondary N) is 1. The normalized spacial score (nSPS) is 14.5. The average Bonchev–Trinajstić information content (AvgIpc) is 2.84. The van der Waals surface area contributed by atoms with Crippen molar-refractivity contribution in [2.24, 2.45) is 0 Å². The van der Waals surface area contributed by atoms with Crippen LogP contribution in [0.15, 0.2) is 81.6 Å². The van der Waals surface area contributed by atoms with E-state index >= 15 is 0 Å². The zero-order valence-corrected chi connectivity index (χ0v) is 19.2. The number of hydrogen-bond donors (Lipinski definition) is 1. The van der Waals surface area contributed by atoms with Gasteiger partial charge >= 0.3 is 0 Å². The molecule has 0 radical (unpaired) electrons. The van der Waals surface area contributed by atoms with Crippen LogP contribution in [0.2, 0.25) is 0 Å². The van der Waals surface area contributed by atoms with Crippen LogP contribution in [0.5, 0.6) is 5.88 Å². The Kier molecular flexibility index (Phi) is 6.28. The fourth-order valence-electron chi connectivity index (χ4n) is 3.82. The third-order valence-electron chi connectivity index (χ3n) is 5.66. The molecule has 0 spiro atoms. The van der Waals surface area contributed by atoms with Crippen molar-refractivity contribution in [1.29, 1.82) is 0 Å². The van der Waals surface area contributed by atoms with Gasteiger partial charge in [-0.25, -0.2) is 9.97 Å². The summed E-state index contributed by atoms with van der Waals surface area (Å²) in [6.45, 7) is 4.15. The molecule has 0 saturated carbocycles. The zero-order chi connectivity index (χ0) is 22.6. The van der Waals surface area contributed by atoms with E-state index in [4.69, 9.17) is 14.7 Å². The number of fused-ring (bicyclic) bond motifs is 1. The van der Waals surface area contributed by atoms with Crippen LogP contribution < -0.4 is 15.2 Å². The molecule has 0 atom stereocenters. The molecule has 1 saturated heterocycles. The minimum Gasteiger partial charge on any atom is -0.470 e. The molecule has 5 rings (SSSR count). The van der Waals surface area contributed by atoms with E-state index in [0.717, 1.165) is 58.4 Å². The molecule has 1 fully saturated rings. The van der Waals surface area contributed by atoms with Gasteiger partial charge in [-0.2, -0.15) is 0 Å². The van der Waals surface area contributed by atoms with Gasteiger partial charge < -0.3 is 19.5 Å². The third-order valence-corrected chi connectivity index (χ3v) is 6.64. The molecule has 2 aromatic carbocycles. The number of piperazine rings is 1. The second-order valence-electron chi connectivity index (χ2n) is 8.04. The van der Waals surface area contributed by atoms with E-state index in [0.29, 0.717) is 12.5 Å². The van der Waals surface area contributed by atoms with Crippen molar-refractivity contribution in [3.05, 3.63) is 82.8 Å². The van der Waals surface area contributed by atoms with Crippen molar-refractivity contribution >= 4 is 28.5 Å². The number of H-pyrrole nitrogens is 1. The molecule has 1 aliphatic rings. The second-order valence-corrected chi connectivity index (χ2v) is 9.11. The summed E-state index contributed by atoms with van der Waals surface area (Å²) >= 11 is 1.51. The molecule has 0 bridgehead atoms. The van der Waals surface area contributed by atoms with Crippen LogP contribution in [-0.4, -0.2) is 53.1 Å². The van der Waals surface area contributed by atoms with Gasteiger partial charge in [0.05, 0.1) is 6.20 Å². The van der Waals surface area contributed by atoms with Crippen LogP contribution in [0.25, 0.3) is 10.9 Å². The van der Waals surface area contributed by atoms with Crippen molar-refractivity contribution in [2.75, 3.05) is 38.1 Å². The Morgan fingerprint density at radius 3 is 2.64 bits per heavy atom. The van der Waals surface area contributed by atoms with Crippen LogP contribution in [0, 0.1) is 0 Å². The Balaban J connectivity index is 1.45. The number of anilines is 1. The Labute approximate surface area is 196 Å². The first-order chi connectivity index (χ1) is 16.2. The number of likely N-dealkylation sites (N-methyl/N-ethyl adjacent to an activating group) is 1. The number of aromatic nitrogens is 3. The molecule has 1 aliphatic heterocycles. The quantitative estimate of drug-likeness (QED) is 0.470. The molecular weight excluding hydrogens is 434 g/mol. The summed E-state index contributed by atoms with van der Waals surface area (Å²) in [4.78, 5) is 29.7. The number of hydrogen-bond acceptors (Lipinski definition) is 7. The Morgan fingerprint density at radius 2 is 1.82 bits per heavy atom. The van der Waals surface area contributed by atoms with Crippen LogP contribution in [0.3, 0.4) is 0 Å². The molecule has 4 aromatic rings. The van der Waals surface area contributed by atoms with E-state index in [1.807, 2.05) is 54.6 Å². The summed E-state index contributed by atoms with van der Waals surface area (Å²) in [5, 5.41) is 1.72. The lowest BCUT2D eigenvalue weighted by Crippen LogP contribution is -2.45. The van der Waals surface area contributed by atoms with Gasteiger partial charge in [-0.3, -0.25) is 4.79 Å². The Morgan fingerprint density at radius 1 is 1.00 bits per heavy atom. The fraction of sp³-hybridized carbons (Fsp3) is 0.240. The lowest BCUT2D eigenvalue weighted by molar-refractivity contribution is 0.283. The molecular formula is C25H25N5O2S. The van der Waals surface area contributed by atoms with E-state index in [1.54, 1.807) is 12.3 Å². The third kappa shape index (κ3) is 5.02. The van der Waals surface area contributed by atoms with Crippen molar-refractivity contribution in [3.63, 3.8) is 0 Å². The summed E-state index contributed by atoms with van der Waals surface area (Å²) in [7, 11) is 2.13. The highest BCUT2D eigenvalue weighted by Gasteiger charge is 2.21. The lowest BCUT2D eigenvalue weighted by Gasteiger charge is -2.33. The number of pyridine rings is 1. The standard InChI is InChI=1S/C25H25N5O2S/c1-29-12-14-30(15-13-29)24-25(32-17-18-6-3-2-4-7-18)28-23(16-26-24)33-21-9-5-8-20-19(21)10-11-22(31)27-20/h2-11,16H,12-15,17H2,1H3,(H,27,31). The summed E-state index contributed by atoms with van der Waals surface area (Å²) in [6, 6.07) is 19.3. The van der Waals surface area contributed by atoms with Gasteiger partial charge in [0.25, 0.3) is 5.88 Å². The molecule has 33 heavy (non-hydrogen) atoms. The zero-order valence-electron chi connectivity index (χ0n) is 18.4. The first-order valence-corrected chi connectivity index (χ1v) is 11.7. The van der Waals surface area contributed by atoms with E-state index in [-0.39, 0.29) is 5.56 Å². The summed E-state index contributed by atoms with van der Waals surface area (Å²) in [5.74, 6) is 1.33. The highest BCUT2D eigenvalue weighted by molar-refractivity contribution is 7.99. The maximum absolute atomic E-state index is 11.7. The maximum Gasteiger partial charge on any atom is 0.259 e. The van der Waals surface area contributed by atoms with E-state index < -0.39 is 0 Å². The van der Waals surface area contributed by atoms with E-state index in [1.165, 1.54) is 11.8 Å². The fourth-order valence-corrected chi connectivity index (χ4v) is 4.71. The van der Waals surface area contributed by atoms with Gasteiger partial charge in [-0.1, -0.05) is 48.2 Å². The molecule has 3 heterocycles. The molecule has 2 aromatic heterocycles. The maximum atomic E-state index is 11.7. The van der Waals surface area contributed by atoms with Gasteiger partial charge in [-0.15, -0.1) is 0 Å². The topological polar surface area (TPSA) is 74.4 Å². The van der Waals surface area contributed by atoms with E-state index in [2.05, 4.69) is 21.8 Å². The molecule has 0 amide bonds. The highest BCUT2D eigenvalue weighted by atomic mass is 32.2. The van der Waals surface area contributed by atoms with Crippen molar-refractivity contribution in [3.8, 4) is 5.88 Å². The highest BCUT2D eigenvalue weighted by Crippen LogP contribution is 2.34. The van der Waals surface area contributed by atoms with Crippen LogP contribution in [0.1, 0.15) is 5.56 Å². The summed E-state index contributed by atoms with van der Waals surface area (Å²) in [6.07, 6.45) is 1.80. The predicted octanol–water partition coefficient (Wildman–Crippen LogP) is 3.80. The van der Waals surface area contributed by atoms with Gasteiger partial charge in [-0.05, 0) is 30.8 Å². The average molecular weight is 460 g/mol. The van der Waals surface area contributed by atoms with Gasteiger partial charge in [0.15, 0.2) is 5.82 Å². The number of rotatable bonds is 6. The number of ether oxygens (including phenoxy) is 1. The molecule has 0 aliphatic carbocycles. The van der Waals surface area contributed by atoms with Gasteiger partial charge in [0.2, 0.25) is 5.56 Å². The monoisotopic (exact) mass is 459 g/mol. The number of aromatic amines is 1. The largest absolute Gasteiger partial charge is 0.470 e. The predicted molar refractivity (Wildman–Crippen MR) is 131 cm³/mol. The smallest absolute Gasteiger partial charge is 0.259 e. The summed E-state index contributed by atoms with van der Waals surface area (Å²) < 4.78 is 6.20. The Hall–Kier alpha value is -3.36. The van der Waals surface area contributed by atoms with Crippen LogP contribution in [-0.2, 0) is 6.61 Å². The first kappa shape index (κ1) is 21.5. The minimum atomic E-state index is -0.113. The molecule has 1 N–H and O–H groups in total. The van der Waals surface area contributed by atoms with Crippen LogP contribution >= 0.6 is 11.8 Å². The molecule has 0 unspecified atom stereocenters. The SMILES string of the molecule is CN1CCN(c2ncc(Sc3cccc4[nH]c(=O)ccc34)nc2OCc2ccccc2)CC1. The Bertz CT molecular complexity index is 1300. The van der Waals surface area contributed by atoms with Crippen molar-refractivity contribution in [2.45, 2.75) is 16.5 Å². The van der Waals surface area contributed by atoms with Crippen molar-refractivity contribution in [1.82, 2.24) is 19.9 Å². The molecule has 168 valence electrons. The first-order valence-electron chi connectivity index (χ1n) is 10.9.